The molecule has 11 heteroatoms. The summed E-state index contributed by atoms with van der Waals surface area (Å²) in [6.45, 7) is 2.24. The standard InChI is InChI=1S/C13H13N9O2/c1-8-5-11(22(23)24)18-20(8)4-3-10-16-13-9-6-15-19(2)12(9)14-7-21(13)17-10/h5-7H,3-4H2,1-2H3. The minimum atomic E-state index is -0.503. The molecule has 0 aliphatic carbocycles. The van der Waals surface area contributed by atoms with Crippen molar-refractivity contribution in [3.63, 3.8) is 0 Å². The fourth-order valence-electron chi connectivity index (χ4n) is 2.60. The number of nitro groups is 1. The summed E-state index contributed by atoms with van der Waals surface area (Å²) in [5, 5.41) is 24.1. The average molecular weight is 327 g/mol. The number of nitrogens with zero attached hydrogens (tertiary/aromatic N) is 9. The number of hydrogen-bond donors (Lipinski definition) is 0. The van der Waals surface area contributed by atoms with Gasteiger partial charge in [0, 0.05) is 13.5 Å². The number of aromatic nitrogens is 8. The lowest BCUT2D eigenvalue weighted by atomic mass is 10.4. The SMILES string of the molecule is Cc1cc([N+](=O)[O-])nn1CCc1nc2c3cnn(C)c3ncn2n1. The van der Waals surface area contributed by atoms with Crippen molar-refractivity contribution in [2.24, 2.45) is 7.05 Å². The first-order valence-electron chi connectivity index (χ1n) is 7.24. The molecule has 0 unspecified atom stereocenters. The lowest BCUT2D eigenvalue weighted by molar-refractivity contribution is -0.389. The molecule has 24 heavy (non-hydrogen) atoms. The van der Waals surface area contributed by atoms with Crippen molar-refractivity contribution in [3.05, 3.63) is 40.2 Å². The van der Waals surface area contributed by atoms with Crippen LogP contribution < -0.4 is 0 Å². The van der Waals surface area contributed by atoms with Crippen LogP contribution in [0.1, 0.15) is 11.5 Å². The van der Waals surface area contributed by atoms with E-state index in [0.717, 1.165) is 16.7 Å². The molecule has 4 aromatic rings. The van der Waals surface area contributed by atoms with Gasteiger partial charge in [-0.15, -0.1) is 5.10 Å². The van der Waals surface area contributed by atoms with E-state index < -0.39 is 4.92 Å². The topological polar surface area (TPSA) is 122 Å². The van der Waals surface area contributed by atoms with Crippen LogP contribution in [0.2, 0.25) is 0 Å². The van der Waals surface area contributed by atoms with Crippen LogP contribution in [0.5, 0.6) is 0 Å². The molecule has 0 aromatic carbocycles. The quantitative estimate of drug-likeness (QED) is 0.398. The lowest BCUT2D eigenvalue weighted by Gasteiger charge is -1.95. The van der Waals surface area contributed by atoms with E-state index in [4.69, 9.17) is 0 Å². The van der Waals surface area contributed by atoms with Gasteiger partial charge in [0.15, 0.2) is 17.1 Å². The molecule has 4 rings (SSSR count). The Morgan fingerprint density at radius 3 is 2.88 bits per heavy atom. The molecule has 0 saturated heterocycles. The minimum absolute atomic E-state index is 0.156. The summed E-state index contributed by atoms with van der Waals surface area (Å²) in [7, 11) is 1.82. The summed E-state index contributed by atoms with van der Waals surface area (Å²) >= 11 is 0. The van der Waals surface area contributed by atoms with Gasteiger partial charge in [-0.25, -0.2) is 14.5 Å². The summed E-state index contributed by atoms with van der Waals surface area (Å²) in [5.41, 5.74) is 2.15. The van der Waals surface area contributed by atoms with Crippen molar-refractivity contribution in [1.82, 2.24) is 39.1 Å². The van der Waals surface area contributed by atoms with Crippen LogP contribution in [0.4, 0.5) is 5.82 Å². The van der Waals surface area contributed by atoms with Gasteiger partial charge in [0.05, 0.1) is 35.0 Å². The molecular weight excluding hydrogens is 314 g/mol. The van der Waals surface area contributed by atoms with E-state index in [1.807, 2.05) is 7.05 Å². The molecule has 4 aromatic heterocycles. The van der Waals surface area contributed by atoms with Crippen LogP contribution in [0.25, 0.3) is 16.7 Å². The van der Waals surface area contributed by atoms with Gasteiger partial charge in [0.2, 0.25) is 0 Å². The van der Waals surface area contributed by atoms with Gasteiger partial charge >= 0.3 is 5.82 Å². The molecule has 0 aliphatic heterocycles. The Morgan fingerprint density at radius 2 is 2.12 bits per heavy atom. The Kier molecular flexibility index (Phi) is 3.01. The molecular formula is C13H13N9O2. The second kappa shape index (κ2) is 5.08. The van der Waals surface area contributed by atoms with Gasteiger partial charge < -0.3 is 10.1 Å². The number of fused-ring (bicyclic) bond motifs is 3. The zero-order valence-electron chi connectivity index (χ0n) is 13.0. The van der Waals surface area contributed by atoms with E-state index in [9.17, 15) is 10.1 Å². The van der Waals surface area contributed by atoms with Crippen LogP contribution in [-0.2, 0) is 20.0 Å². The highest BCUT2D eigenvalue weighted by Crippen LogP contribution is 2.16. The second-order valence-corrected chi connectivity index (χ2v) is 5.42. The van der Waals surface area contributed by atoms with Crippen molar-refractivity contribution >= 4 is 22.5 Å². The number of aryl methyl sites for hydroxylation is 4. The number of rotatable bonds is 4. The third-order valence-corrected chi connectivity index (χ3v) is 3.82. The van der Waals surface area contributed by atoms with E-state index >= 15 is 0 Å². The first kappa shape index (κ1) is 14.2. The zero-order valence-corrected chi connectivity index (χ0v) is 13.0. The smallest absolute Gasteiger partial charge is 0.358 e. The first-order valence-corrected chi connectivity index (χ1v) is 7.24. The van der Waals surface area contributed by atoms with E-state index in [0.29, 0.717) is 24.4 Å². The maximum absolute atomic E-state index is 10.8. The molecule has 0 amide bonds. The van der Waals surface area contributed by atoms with E-state index in [1.165, 1.54) is 6.07 Å². The van der Waals surface area contributed by atoms with Gasteiger partial charge in [0.1, 0.15) is 6.33 Å². The Balaban J connectivity index is 1.63. The third-order valence-electron chi connectivity index (χ3n) is 3.82. The van der Waals surface area contributed by atoms with Gasteiger partial charge in [0.25, 0.3) is 0 Å². The molecule has 0 saturated carbocycles. The summed E-state index contributed by atoms with van der Waals surface area (Å²) < 4.78 is 4.87. The molecule has 0 fully saturated rings. The molecule has 0 aliphatic rings. The Bertz CT molecular complexity index is 1070. The fourth-order valence-corrected chi connectivity index (χ4v) is 2.60. The van der Waals surface area contributed by atoms with Crippen molar-refractivity contribution < 1.29 is 4.92 Å². The Hall–Kier alpha value is -3.37. The largest absolute Gasteiger partial charge is 0.390 e. The molecule has 122 valence electrons. The van der Waals surface area contributed by atoms with E-state index in [-0.39, 0.29) is 5.82 Å². The molecule has 0 radical (unpaired) electrons. The van der Waals surface area contributed by atoms with Crippen LogP contribution >= 0.6 is 0 Å². The Labute approximate surface area is 134 Å². The van der Waals surface area contributed by atoms with Crippen LogP contribution in [-0.4, -0.2) is 44.1 Å². The molecule has 0 spiro atoms. The van der Waals surface area contributed by atoms with Crippen LogP contribution in [0.15, 0.2) is 18.6 Å². The van der Waals surface area contributed by atoms with Gasteiger partial charge in [-0.1, -0.05) is 0 Å². The van der Waals surface area contributed by atoms with Gasteiger partial charge in [-0.2, -0.15) is 9.78 Å². The fraction of sp³-hybridized carbons (Fsp3) is 0.308. The summed E-state index contributed by atoms with van der Waals surface area (Å²) in [5.74, 6) is 0.461. The maximum Gasteiger partial charge on any atom is 0.390 e. The highest BCUT2D eigenvalue weighted by Gasteiger charge is 2.16. The van der Waals surface area contributed by atoms with Crippen molar-refractivity contribution in [3.8, 4) is 0 Å². The monoisotopic (exact) mass is 327 g/mol. The molecule has 11 nitrogen and oxygen atoms in total. The zero-order chi connectivity index (χ0) is 16.8. The Morgan fingerprint density at radius 1 is 1.29 bits per heavy atom. The number of hydrogen-bond acceptors (Lipinski definition) is 7. The molecule has 0 bridgehead atoms. The van der Waals surface area contributed by atoms with Crippen molar-refractivity contribution in [2.45, 2.75) is 19.9 Å². The normalized spacial score (nSPS) is 11.6. The molecule has 0 atom stereocenters. The summed E-state index contributed by atoms with van der Waals surface area (Å²) in [6.07, 6.45) is 3.81. The highest BCUT2D eigenvalue weighted by molar-refractivity contribution is 5.88. The molecule has 0 N–H and O–H groups in total. The first-order chi connectivity index (χ1) is 11.5. The minimum Gasteiger partial charge on any atom is -0.358 e. The van der Waals surface area contributed by atoms with Crippen molar-refractivity contribution in [2.75, 3.05) is 0 Å². The van der Waals surface area contributed by atoms with Crippen molar-refractivity contribution in [1.29, 1.82) is 0 Å². The third kappa shape index (κ3) is 2.17. The maximum atomic E-state index is 10.8. The highest BCUT2D eigenvalue weighted by atomic mass is 16.6. The lowest BCUT2D eigenvalue weighted by Crippen LogP contribution is -2.06. The van der Waals surface area contributed by atoms with Crippen LogP contribution in [0.3, 0.4) is 0 Å². The predicted molar refractivity (Wildman–Crippen MR) is 82.4 cm³/mol. The van der Waals surface area contributed by atoms with Gasteiger partial charge in [-0.05, 0) is 11.8 Å². The van der Waals surface area contributed by atoms with Gasteiger partial charge in [-0.3, -0.25) is 4.68 Å². The van der Waals surface area contributed by atoms with Crippen LogP contribution in [0, 0.1) is 17.0 Å². The molecule has 4 heterocycles. The summed E-state index contributed by atoms with van der Waals surface area (Å²) in [6, 6.07) is 1.44. The second-order valence-electron chi connectivity index (χ2n) is 5.42. The average Bonchev–Trinajstić information content (AvgIpc) is 3.22. The summed E-state index contributed by atoms with van der Waals surface area (Å²) in [4.78, 5) is 19.1. The van der Waals surface area contributed by atoms with E-state index in [1.54, 1.807) is 33.3 Å². The van der Waals surface area contributed by atoms with E-state index in [2.05, 4.69) is 25.3 Å². The predicted octanol–water partition coefficient (Wildman–Crippen LogP) is 0.667.